The SMILES string of the molecule is Cc1cc(-c2ccc(C)c(C)c2C)[n+](C)cc1C.Cc1ccccc1-c1ccc(C(C)C)c[n+]1C.Cc1ccccc1-c1ccc(CC(C)(C)C)c[n+]1C.[2H]C(C)(C)c1ccc(-c2ccccc2C)[n+](C)c1.[2H]C([2H])(c1ccc(-c2ccccc2C)[n+](C)c1)C(C)(C)C. The molecule has 10 aromatic rings. The van der Waals surface area contributed by atoms with Crippen LogP contribution in [0.15, 0.2) is 195 Å². The molecule has 10 rings (SSSR count). The molecule has 90 heavy (non-hydrogen) atoms. The minimum Gasteiger partial charge on any atom is -0.201 e. The van der Waals surface area contributed by atoms with Crippen LogP contribution < -0.4 is 22.8 Å². The van der Waals surface area contributed by atoms with E-state index < -0.39 is 17.7 Å². The van der Waals surface area contributed by atoms with Crippen molar-refractivity contribution in [2.24, 2.45) is 46.1 Å². The zero-order valence-corrected chi connectivity index (χ0v) is 59.5. The van der Waals surface area contributed by atoms with Gasteiger partial charge in [0.1, 0.15) is 35.2 Å². The first-order valence-corrected chi connectivity index (χ1v) is 32.2. The van der Waals surface area contributed by atoms with Crippen LogP contribution in [0, 0.1) is 73.1 Å². The highest BCUT2D eigenvalue weighted by molar-refractivity contribution is 5.66. The van der Waals surface area contributed by atoms with Crippen LogP contribution in [-0.4, -0.2) is 0 Å². The fraction of sp³-hybridized carbons (Fsp3) is 0.353. The van der Waals surface area contributed by atoms with Gasteiger partial charge in [-0.25, -0.2) is 22.8 Å². The van der Waals surface area contributed by atoms with E-state index in [2.05, 4.69) is 301 Å². The number of benzene rings is 5. The minimum absolute atomic E-state index is 0.331. The average molecular weight is 1200 g/mol. The van der Waals surface area contributed by atoms with Crippen LogP contribution in [-0.2, 0) is 48.0 Å². The van der Waals surface area contributed by atoms with E-state index in [1.54, 1.807) is 0 Å². The Kier molecular flexibility index (Phi) is 23.2. The van der Waals surface area contributed by atoms with Gasteiger partial charge in [0.2, 0.25) is 28.5 Å². The third-order valence-electron chi connectivity index (χ3n) is 16.9. The van der Waals surface area contributed by atoms with Gasteiger partial charge in [0.25, 0.3) is 0 Å². The molecule has 0 aliphatic heterocycles. The van der Waals surface area contributed by atoms with Gasteiger partial charge in [0.05, 0.1) is 0 Å². The quantitative estimate of drug-likeness (QED) is 0.128. The molecule has 0 radical (unpaired) electrons. The molecular formula is C85H110N5+5. The average Bonchev–Trinajstić information content (AvgIpc) is 0.808. The number of nitrogens with zero attached hydrogens (tertiary/aromatic N) is 5. The van der Waals surface area contributed by atoms with E-state index in [-0.39, 0.29) is 0 Å². The molecule has 0 atom stereocenters. The normalized spacial score (nSPS) is 11.9. The Bertz CT molecular complexity index is 4190. The summed E-state index contributed by atoms with van der Waals surface area (Å²) in [5.74, 6) is 0.0225. The summed E-state index contributed by atoms with van der Waals surface area (Å²) in [6.07, 6.45) is 10.4. The first-order chi connectivity index (χ1) is 43.4. The number of aryl methyl sites for hydroxylation is 12. The number of aromatic nitrogens is 5. The summed E-state index contributed by atoms with van der Waals surface area (Å²) in [6, 6.07) is 57.5. The van der Waals surface area contributed by atoms with Crippen LogP contribution in [0.2, 0.25) is 0 Å². The van der Waals surface area contributed by atoms with Crippen LogP contribution in [0.5, 0.6) is 0 Å². The first kappa shape index (κ1) is 66.3. The lowest BCUT2D eigenvalue weighted by molar-refractivity contribution is -0.661. The zero-order chi connectivity index (χ0) is 69.1. The summed E-state index contributed by atoms with van der Waals surface area (Å²) < 4.78 is 35.6. The van der Waals surface area contributed by atoms with Crippen molar-refractivity contribution in [2.45, 2.75) is 156 Å². The molecule has 0 fully saturated rings. The van der Waals surface area contributed by atoms with Gasteiger partial charge in [-0.15, -0.1) is 0 Å². The molecule has 5 aromatic heterocycles. The molecule has 5 heterocycles. The van der Waals surface area contributed by atoms with Crippen molar-refractivity contribution >= 4 is 0 Å². The minimum atomic E-state index is -1.37. The Morgan fingerprint density at radius 3 is 1.08 bits per heavy atom. The van der Waals surface area contributed by atoms with E-state index >= 15 is 0 Å². The van der Waals surface area contributed by atoms with Crippen molar-refractivity contribution in [3.05, 3.63) is 267 Å². The fourth-order valence-corrected chi connectivity index (χ4v) is 11.3. The molecule has 5 heteroatoms. The standard InChI is InChI=1S/2C18H24N.C17H22N.2C16H20N/c2*1-14-8-6-7-9-16(14)17-11-10-15(13-19(17)5)12-18(2,3)4;1-11-7-8-16(15(5)14(11)4)17-9-12(2)13(3)10-18(17)6;2*1-12(2)14-9-10-16(17(4)11-14)15-8-6-5-7-13(15)3/h2*6-11,13H,12H2,1-5H3;7-10H,1-6H3;2*5-12H,1-4H3/q5*+1/i12D2;;;12D;. The van der Waals surface area contributed by atoms with Gasteiger partial charge in [-0.2, -0.15) is 0 Å². The smallest absolute Gasteiger partial charge is 0.201 e. The molecule has 0 spiro atoms. The molecule has 0 N–H and O–H groups in total. The Balaban J connectivity index is 0.000000185. The van der Waals surface area contributed by atoms with Crippen molar-refractivity contribution in [3.8, 4) is 56.3 Å². The molecule has 0 saturated heterocycles. The third kappa shape index (κ3) is 19.7. The van der Waals surface area contributed by atoms with Crippen molar-refractivity contribution in [2.75, 3.05) is 0 Å². The topological polar surface area (TPSA) is 19.4 Å². The predicted molar refractivity (Wildman–Crippen MR) is 382 cm³/mol. The van der Waals surface area contributed by atoms with Crippen LogP contribution in [0.25, 0.3) is 56.3 Å². The lowest BCUT2D eigenvalue weighted by Crippen LogP contribution is -2.32. The summed E-state index contributed by atoms with van der Waals surface area (Å²) in [7, 11) is 10.4. The van der Waals surface area contributed by atoms with Gasteiger partial charge in [-0.05, 0) is 197 Å². The second-order valence-electron chi connectivity index (χ2n) is 27.7. The van der Waals surface area contributed by atoms with E-state index in [9.17, 15) is 0 Å². The second kappa shape index (κ2) is 31.5. The Labute approximate surface area is 549 Å². The van der Waals surface area contributed by atoms with E-state index in [1.165, 1.54) is 112 Å². The molecule has 470 valence electrons. The highest BCUT2D eigenvalue weighted by atomic mass is 14.9. The van der Waals surface area contributed by atoms with E-state index in [1.807, 2.05) is 83.7 Å². The molecular weight excluding hydrogens is 1090 g/mol. The lowest BCUT2D eigenvalue weighted by atomic mass is 9.88. The number of rotatable bonds is 9. The number of hydrogen-bond donors (Lipinski definition) is 0. The van der Waals surface area contributed by atoms with Crippen LogP contribution in [0.3, 0.4) is 0 Å². The number of pyridine rings is 5. The lowest BCUT2D eigenvalue weighted by Gasteiger charge is -2.17. The summed E-state index contributed by atoms with van der Waals surface area (Å²) in [4.78, 5) is 0. The second-order valence-corrected chi connectivity index (χ2v) is 27.7. The summed E-state index contributed by atoms with van der Waals surface area (Å²) in [5.41, 5.74) is 28.9. The van der Waals surface area contributed by atoms with Gasteiger partial charge in [0, 0.05) is 90.1 Å². The molecule has 0 unspecified atom stereocenters. The molecule has 0 amide bonds. The van der Waals surface area contributed by atoms with Gasteiger partial charge < -0.3 is 0 Å². The summed E-state index contributed by atoms with van der Waals surface area (Å²) in [5, 5.41) is 0. The van der Waals surface area contributed by atoms with Gasteiger partial charge >= 0.3 is 0 Å². The van der Waals surface area contributed by atoms with Crippen LogP contribution >= 0.6 is 0 Å². The highest BCUT2D eigenvalue weighted by Gasteiger charge is 2.21. The van der Waals surface area contributed by atoms with E-state index in [0.717, 1.165) is 23.2 Å². The largest absolute Gasteiger partial charge is 0.212 e. The number of hydrogen-bond acceptors (Lipinski definition) is 0. The van der Waals surface area contributed by atoms with E-state index in [0.29, 0.717) is 11.3 Å². The Morgan fingerprint density at radius 2 is 0.700 bits per heavy atom. The van der Waals surface area contributed by atoms with E-state index in [4.69, 9.17) is 4.11 Å². The summed E-state index contributed by atoms with van der Waals surface area (Å²) >= 11 is 0. The van der Waals surface area contributed by atoms with Crippen LogP contribution in [0.1, 0.15) is 157 Å². The zero-order valence-electron chi connectivity index (χ0n) is 62.5. The Morgan fingerprint density at radius 1 is 0.333 bits per heavy atom. The maximum absolute atomic E-state index is 8.39. The predicted octanol–water partition coefficient (Wildman–Crippen LogP) is 19.1. The van der Waals surface area contributed by atoms with Crippen molar-refractivity contribution in [1.29, 1.82) is 0 Å². The molecule has 0 aliphatic carbocycles. The maximum Gasteiger partial charge on any atom is 0.212 e. The first-order valence-electron chi connectivity index (χ1n) is 33.7. The summed E-state index contributed by atoms with van der Waals surface area (Å²) in [6.45, 7) is 40.4. The van der Waals surface area contributed by atoms with Crippen LogP contribution in [0.4, 0.5) is 0 Å². The van der Waals surface area contributed by atoms with Gasteiger partial charge in [0.15, 0.2) is 31.0 Å². The third-order valence-corrected chi connectivity index (χ3v) is 16.9. The van der Waals surface area contributed by atoms with Crippen molar-refractivity contribution in [1.82, 2.24) is 0 Å². The highest BCUT2D eigenvalue weighted by Crippen LogP contribution is 2.29. The van der Waals surface area contributed by atoms with Crippen molar-refractivity contribution in [3.63, 3.8) is 0 Å². The maximum atomic E-state index is 8.39. The van der Waals surface area contributed by atoms with Gasteiger partial charge in [-0.3, -0.25) is 0 Å². The molecule has 5 aromatic carbocycles. The molecule has 5 nitrogen and oxygen atoms in total. The fourth-order valence-electron chi connectivity index (χ4n) is 11.3. The Hall–Kier alpha value is -8.15. The molecule has 0 bridgehead atoms. The van der Waals surface area contributed by atoms with Gasteiger partial charge in [-0.1, -0.05) is 148 Å². The monoisotopic (exact) mass is 1200 g/mol. The molecule has 0 saturated carbocycles. The molecule has 0 aliphatic rings. The van der Waals surface area contributed by atoms with Crippen molar-refractivity contribution < 1.29 is 26.9 Å².